The summed E-state index contributed by atoms with van der Waals surface area (Å²) >= 11 is 0. The van der Waals surface area contributed by atoms with Gasteiger partial charge in [-0.05, 0) is 136 Å². The number of methoxy groups -OCH3 is 1. The zero-order valence-electron chi connectivity index (χ0n) is 27.7. The molecule has 0 aromatic rings. The molecule has 0 spiro atoms. The van der Waals surface area contributed by atoms with Crippen molar-refractivity contribution in [3.8, 4) is 0 Å². The second kappa shape index (κ2) is 15.2. The van der Waals surface area contributed by atoms with Gasteiger partial charge in [-0.1, -0.05) is 60.6 Å². The molecular weight excluding hydrogens is 480 g/mol. The Morgan fingerprint density at radius 3 is 2.00 bits per heavy atom. The Morgan fingerprint density at radius 1 is 0.897 bits per heavy atom. The number of aldehydes is 1. The lowest BCUT2D eigenvalue weighted by molar-refractivity contribution is -0.215. The van der Waals surface area contributed by atoms with Crippen molar-refractivity contribution in [2.45, 2.75) is 133 Å². The van der Waals surface area contributed by atoms with Crippen LogP contribution in [0.1, 0.15) is 133 Å². The largest absolute Gasteiger partial charge is 0.513 e. The van der Waals surface area contributed by atoms with Crippen molar-refractivity contribution in [3.05, 3.63) is 25.0 Å². The van der Waals surface area contributed by atoms with E-state index in [0.29, 0.717) is 21.7 Å². The third-order valence-electron chi connectivity index (χ3n) is 12.1. The van der Waals surface area contributed by atoms with Crippen LogP contribution in [0.15, 0.2) is 25.0 Å². The van der Waals surface area contributed by atoms with Gasteiger partial charge in [0.05, 0.1) is 12.4 Å². The molecule has 0 heterocycles. The number of carbonyl (C=O) groups excluding carboxylic acids is 1. The van der Waals surface area contributed by atoms with Gasteiger partial charge in [-0.25, -0.2) is 0 Å². The first-order valence-corrected chi connectivity index (χ1v) is 16.2. The Bertz CT molecular complexity index is 765. The molecular formula is C36H66O3. The average Bonchev–Trinajstić information content (AvgIpc) is 3.42. The molecule has 5 aliphatic carbocycles. The van der Waals surface area contributed by atoms with E-state index in [9.17, 15) is 0 Å². The molecule has 0 bridgehead atoms. The van der Waals surface area contributed by atoms with Gasteiger partial charge in [-0.2, -0.15) is 0 Å². The molecule has 8 unspecified atom stereocenters. The van der Waals surface area contributed by atoms with Gasteiger partial charge in [0.2, 0.25) is 0 Å². The molecule has 0 amide bonds. The summed E-state index contributed by atoms with van der Waals surface area (Å²) < 4.78 is 5.82. The van der Waals surface area contributed by atoms with Crippen molar-refractivity contribution in [1.82, 2.24) is 0 Å². The first kappa shape index (κ1) is 35.9. The molecule has 5 fully saturated rings. The normalized spacial score (nSPS) is 42.8. The van der Waals surface area contributed by atoms with Crippen LogP contribution in [-0.4, -0.2) is 25.1 Å². The third kappa shape index (κ3) is 6.87. The van der Waals surface area contributed by atoms with Crippen LogP contribution in [0.3, 0.4) is 0 Å². The monoisotopic (exact) mass is 547 g/mol. The molecule has 5 aliphatic rings. The lowest BCUT2D eigenvalue weighted by atomic mass is 9.35. The van der Waals surface area contributed by atoms with E-state index >= 15 is 0 Å². The minimum atomic E-state index is 0.167. The SMILES string of the molecule is C=C(C)O.C=CC.CC.CC=O.COCC12CCCC1C1CCC3C4(C)CCC(C)C4CCC3(C)[C@]1(C)CC2. The smallest absolute Gasteiger partial charge is 0.116 e. The van der Waals surface area contributed by atoms with Crippen LogP contribution >= 0.6 is 0 Å². The van der Waals surface area contributed by atoms with Crippen LogP contribution in [0.2, 0.25) is 0 Å². The van der Waals surface area contributed by atoms with Crippen LogP contribution in [0, 0.1) is 51.2 Å². The van der Waals surface area contributed by atoms with E-state index in [-0.39, 0.29) is 5.76 Å². The van der Waals surface area contributed by atoms with Crippen LogP contribution in [0.5, 0.6) is 0 Å². The standard InChI is InChI=1S/C26H44O.C3H6O.C3H6.C2H4O.C2H6/c1-18-10-13-23(2)19(18)11-14-25(4)22(23)9-8-20-21-7-6-12-26(21,17-27-5)16-15-24(20,25)3;1-3(2)4;1-3-2;1-2-3;1-2/h18-22H,6-17H2,1-5H3;4H,1H2,2H3;3H,1H2,2H3;2H,1H3;1-2H3/t18?,19?,20?,21?,22?,23?,24-,25?,26?;;;;/m1..../s1. The Morgan fingerprint density at radius 2 is 1.46 bits per heavy atom. The number of aliphatic hydroxyl groups excluding tert-OH is 1. The number of fused-ring (bicyclic) bond motifs is 7. The summed E-state index contributed by atoms with van der Waals surface area (Å²) in [4.78, 5) is 8.81. The minimum absolute atomic E-state index is 0.167. The summed E-state index contributed by atoms with van der Waals surface area (Å²) in [5, 5.41) is 7.86. The molecule has 3 heteroatoms. The van der Waals surface area contributed by atoms with E-state index in [1.165, 1.54) is 84.5 Å². The first-order chi connectivity index (χ1) is 18.4. The zero-order chi connectivity index (χ0) is 30.1. The Hall–Kier alpha value is -1.09. The van der Waals surface area contributed by atoms with E-state index in [1.54, 1.807) is 6.08 Å². The fourth-order valence-electron chi connectivity index (χ4n) is 10.7. The molecule has 0 aromatic heterocycles. The Kier molecular flexibility index (Phi) is 14.0. The molecule has 0 aromatic carbocycles. The fraction of sp³-hybridized carbons (Fsp3) is 0.861. The van der Waals surface area contributed by atoms with Crippen molar-refractivity contribution < 1.29 is 14.6 Å². The highest BCUT2D eigenvalue weighted by Crippen LogP contribution is 2.76. The molecule has 5 saturated carbocycles. The van der Waals surface area contributed by atoms with E-state index in [2.05, 4.69) is 40.9 Å². The van der Waals surface area contributed by atoms with Gasteiger partial charge in [-0.3, -0.25) is 0 Å². The number of rotatable bonds is 2. The second-order valence-corrected chi connectivity index (χ2v) is 13.9. The summed E-state index contributed by atoms with van der Waals surface area (Å²) in [6.07, 6.45) is 18.9. The van der Waals surface area contributed by atoms with Gasteiger partial charge >= 0.3 is 0 Å². The van der Waals surface area contributed by atoms with E-state index < -0.39 is 0 Å². The van der Waals surface area contributed by atoms with Crippen molar-refractivity contribution in [1.29, 1.82) is 0 Å². The predicted octanol–water partition coefficient (Wildman–Crippen LogP) is 10.6. The van der Waals surface area contributed by atoms with E-state index in [4.69, 9.17) is 14.6 Å². The zero-order valence-corrected chi connectivity index (χ0v) is 27.7. The van der Waals surface area contributed by atoms with Crippen molar-refractivity contribution >= 4 is 6.29 Å². The summed E-state index contributed by atoms with van der Waals surface area (Å²) in [7, 11) is 1.94. The number of aliphatic hydroxyl groups is 1. The molecule has 0 saturated heterocycles. The highest BCUT2D eigenvalue weighted by atomic mass is 16.5. The predicted molar refractivity (Wildman–Crippen MR) is 169 cm³/mol. The second-order valence-electron chi connectivity index (χ2n) is 13.9. The number of carbonyl (C=O) groups is 1. The van der Waals surface area contributed by atoms with E-state index in [0.717, 1.165) is 42.5 Å². The maximum Gasteiger partial charge on any atom is 0.116 e. The topological polar surface area (TPSA) is 46.5 Å². The quantitative estimate of drug-likeness (QED) is 0.213. The first-order valence-electron chi connectivity index (χ1n) is 16.2. The fourth-order valence-corrected chi connectivity index (χ4v) is 10.7. The van der Waals surface area contributed by atoms with Crippen LogP contribution in [-0.2, 0) is 9.53 Å². The molecule has 9 atom stereocenters. The van der Waals surface area contributed by atoms with Gasteiger partial charge in [0, 0.05) is 7.11 Å². The highest BCUT2D eigenvalue weighted by molar-refractivity contribution is 5.44. The lowest BCUT2D eigenvalue weighted by Crippen LogP contribution is -2.63. The van der Waals surface area contributed by atoms with Gasteiger partial charge in [0.1, 0.15) is 6.29 Å². The van der Waals surface area contributed by atoms with Crippen LogP contribution < -0.4 is 0 Å². The molecule has 5 rings (SSSR count). The van der Waals surface area contributed by atoms with Gasteiger partial charge in [0.15, 0.2) is 0 Å². The molecule has 3 nitrogen and oxygen atoms in total. The van der Waals surface area contributed by atoms with Gasteiger partial charge < -0.3 is 14.6 Å². The van der Waals surface area contributed by atoms with E-state index in [1.807, 2.05) is 27.9 Å². The minimum Gasteiger partial charge on any atom is -0.513 e. The molecule has 39 heavy (non-hydrogen) atoms. The molecule has 0 aliphatic heterocycles. The summed E-state index contributed by atoms with van der Waals surface area (Å²) in [5.41, 5.74) is 2.32. The number of hydrogen-bond donors (Lipinski definition) is 1. The lowest BCUT2D eigenvalue weighted by Gasteiger charge is -2.70. The van der Waals surface area contributed by atoms with Crippen LogP contribution in [0.4, 0.5) is 0 Å². The summed E-state index contributed by atoms with van der Waals surface area (Å²) in [6, 6.07) is 0. The number of allylic oxidation sites excluding steroid dienone is 2. The average molecular weight is 547 g/mol. The number of hydrogen-bond acceptors (Lipinski definition) is 3. The maximum absolute atomic E-state index is 8.81. The maximum atomic E-state index is 8.81. The highest BCUT2D eigenvalue weighted by Gasteiger charge is 2.68. The van der Waals surface area contributed by atoms with Gasteiger partial charge in [-0.15, -0.1) is 6.58 Å². The molecule has 0 radical (unpaired) electrons. The van der Waals surface area contributed by atoms with Crippen molar-refractivity contribution in [2.24, 2.45) is 51.2 Å². The van der Waals surface area contributed by atoms with Crippen molar-refractivity contribution in [3.63, 3.8) is 0 Å². The van der Waals surface area contributed by atoms with Crippen LogP contribution in [0.25, 0.3) is 0 Å². The summed E-state index contributed by atoms with van der Waals surface area (Å²) in [5.74, 6) is 5.04. The molecule has 228 valence electrons. The third-order valence-corrected chi connectivity index (χ3v) is 12.1. The Balaban J connectivity index is 0.000000547. The number of ether oxygens (including phenoxy) is 1. The van der Waals surface area contributed by atoms with Crippen molar-refractivity contribution in [2.75, 3.05) is 13.7 Å². The Labute approximate surface area is 243 Å². The molecule has 1 N–H and O–H groups in total. The summed E-state index contributed by atoms with van der Waals surface area (Å²) in [6.45, 7) is 27.2. The van der Waals surface area contributed by atoms with Gasteiger partial charge in [0.25, 0.3) is 0 Å².